The quantitative estimate of drug-likeness (QED) is 0.254. The lowest BCUT2D eigenvalue weighted by atomic mass is 10.2. The van der Waals surface area contributed by atoms with Gasteiger partial charge in [0, 0.05) is 44.0 Å². The van der Waals surface area contributed by atoms with Crippen LogP contribution in [0.5, 0.6) is 11.5 Å². The molecule has 0 spiro atoms. The second-order valence-corrected chi connectivity index (χ2v) is 9.86. The zero-order valence-corrected chi connectivity index (χ0v) is 19.5. The molecule has 0 unspecified atom stereocenters. The van der Waals surface area contributed by atoms with Gasteiger partial charge in [-0.05, 0) is 50.2 Å². The van der Waals surface area contributed by atoms with Crippen LogP contribution in [0.2, 0.25) is 0 Å². The van der Waals surface area contributed by atoms with Crippen molar-refractivity contribution in [2.24, 2.45) is 0 Å². The number of non-ortho nitro benzene ring substituents is 1. The number of piperazine rings is 1. The molecule has 4 rings (SSSR count). The number of benzene rings is 3. The average molecular weight is 467 g/mol. The Morgan fingerprint density at radius 1 is 0.758 bits per heavy atom. The van der Waals surface area contributed by atoms with Crippen molar-refractivity contribution in [3.8, 4) is 11.5 Å². The second-order valence-electron chi connectivity index (χ2n) is 7.99. The Labute approximate surface area is 193 Å². The molecule has 0 amide bonds. The largest absolute Gasteiger partial charge is 0.515 e. The van der Waals surface area contributed by atoms with Gasteiger partial charge in [0.05, 0.1) is 4.92 Å². The Bertz CT molecular complexity index is 1090. The zero-order chi connectivity index (χ0) is 23.4. The highest BCUT2D eigenvalue weighted by molar-refractivity contribution is 7.52. The first-order chi connectivity index (χ1) is 15.8. The highest BCUT2D eigenvalue weighted by Gasteiger charge is 2.39. The lowest BCUT2D eigenvalue weighted by molar-refractivity contribution is -0.384. The van der Waals surface area contributed by atoms with E-state index < -0.39 is 12.7 Å². The SMILES string of the molecule is Cc1ccc(OP(=O)(Oc2ccc(C)cc2)N2CCN(c3ccc([N+](=O)[O-])cc3)CC2)cc1. The first-order valence-corrected chi connectivity index (χ1v) is 12.2. The lowest BCUT2D eigenvalue weighted by Crippen LogP contribution is -2.46. The predicted molar refractivity (Wildman–Crippen MR) is 128 cm³/mol. The minimum absolute atomic E-state index is 0.0554. The van der Waals surface area contributed by atoms with Gasteiger partial charge in [-0.25, -0.2) is 4.57 Å². The highest BCUT2D eigenvalue weighted by Crippen LogP contribution is 2.52. The highest BCUT2D eigenvalue weighted by atomic mass is 31.2. The maximum atomic E-state index is 14.0. The molecule has 3 aromatic rings. The van der Waals surface area contributed by atoms with Crippen molar-refractivity contribution in [1.29, 1.82) is 0 Å². The zero-order valence-electron chi connectivity index (χ0n) is 18.6. The molecule has 1 aliphatic heterocycles. The van der Waals surface area contributed by atoms with Crippen LogP contribution in [-0.4, -0.2) is 35.8 Å². The maximum Gasteiger partial charge on any atom is 0.515 e. The lowest BCUT2D eigenvalue weighted by Gasteiger charge is -2.38. The number of aryl methyl sites for hydroxylation is 2. The summed E-state index contributed by atoms with van der Waals surface area (Å²) in [4.78, 5) is 12.6. The molecule has 172 valence electrons. The van der Waals surface area contributed by atoms with Gasteiger partial charge >= 0.3 is 7.75 Å². The summed E-state index contributed by atoms with van der Waals surface area (Å²) in [6.07, 6.45) is 0. The molecule has 0 aliphatic carbocycles. The first kappa shape index (κ1) is 22.8. The third kappa shape index (κ3) is 5.53. The van der Waals surface area contributed by atoms with Crippen LogP contribution in [0.25, 0.3) is 0 Å². The number of anilines is 1. The molecule has 1 fully saturated rings. The topological polar surface area (TPSA) is 85.2 Å². The van der Waals surface area contributed by atoms with Crippen molar-refractivity contribution in [2.45, 2.75) is 13.8 Å². The molecule has 0 bridgehead atoms. The Morgan fingerprint density at radius 2 is 1.21 bits per heavy atom. The number of nitro benzene ring substituents is 1. The fourth-order valence-corrected chi connectivity index (χ4v) is 5.30. The van der Waals surface area contributed by atoms with Gasteiger partial charge in [-0.15, -0.1) is 0 Å². The monoisotopic (exact) mass is 467 g/mol. The van der Waals surface area contributed by atoms with Gasteiger partial charge in [0.2, 0.25) is 0 Å². The van der Waals surface area contributed by atoms with E-state index in [0.29, 0.717) is 37.7 Å². The van der Waals surface area contributed by atoms with Crippen molar-refractivity contribution < 1.29 is 18.5 Å². The third-order valence-electron chi connectivity index (χ3n) is 5.51. The summed E-state index contributed by atoms with van der Waals surface area (Å²) in [6.45, 7) is 6.01. The van der Waals surface area contributed by atoms with Crippen molar-refractivity contribution >= 4 is 19.1 Å². The van der Waals surface area contributed by atoms with Gasteiger partial charge in [-0.3, -0.25) is 10.1 Å². The molecule has 0 aromatic heterocycles. The molecule has 1 heterocycles. The Morgan fingerprint density at radius 3 is 1.64 bits per heavy atom. The molecule has 9 heteroatoms. The van der Waals surface area contributed by atoms with Crippen LogP contribution in [0.4, 0.5) is 11.4 Å². The smallest absolute Gasteiger partial charge is 0.404 e. The molecule has 0 N–H and O–H groups in total. The first-order valence-electron chi connectivity index (χ1n) is 10.7. The molecular formula is C24H26N3O5P. The summed E-state index contributed by atoms with van der Waals surface area (Å²) in [5.74, 6) is 0.961. The second kappa shape index (κ2) is 9.65. The summed E-state index contributed by atoms with van der Waals surface area (Å²) in [7, 11) is -3.69. The fraction of sp³-hybridized carbons (Fsp3) is 0.250. The van der Waals surface area contributed by atoms with Crippen LogP contribution in [-0.2, 0) is 4.57 Å². The number of nitro groups is 1. The van der Waals surface area contributed by atoms with Gasteiger partial charge < -0.3 is 13.9 Å². The minimum Gasteiger partial charge on any atom is -0.404 e. The summed E-state index contributed by atoms with van der Waals surface area (Å²) >= 11 is 0. The Kier molecular flexibility index (Phi) is 6.67. The van der Waals surface area contributed by atoms with Crippen LogP contribution in [0, 0.1) is 24.0 Å². The molecule has 0 radical (unpaired) electrons. The maximum absolute atomic E-state index is 14.0. The van der Waals surface area contributed by atoms with Gasteiger partial charge in [0.1, 0.15) is 11.5 Å². The van der Waals surface area contributed by atoms with E-state index in [-0.39, 0.29) is 5.69 Å². The molecular weight excluding hydrogens is 441 g/mol. The van der Waals surface area contributed by atoms with Crippen molar-refractivity contribution in [2.75, 3.05) is 31.1 Å². The number of hydrogen-bond donors (Lipinski definition) is 0. The van der Waals surface area contributed by atoms with E-state index in [9.17, 15) is 14.7 Å². The molecule has 3 aromatic carbocycles. The third-order valence-corrected chi connectivity index (χ3v) is 7.49. The van der Waals surface area contributed by atoms with Crippen LogP contribution in [0.15, 0.2) is 72.8 Å². The van der Waals surface area contributed by atoms with E-state index in [0.717, 1.165) is 16.8 Å². The average Bonchev–Trinajstić information content (AvgIpc) is 2.82. The van der Waals surface area contributed by atoms with Gasteiger partial charge in [-0.2, -0.15) is 4.67 Å². The van der Waals surface area contributed by atoms with Crippen molar-refractivity contribution in [3.63, 3.8) is 0 Å². The van der Waals surface area contributed by atoms with Crippen molar-refractivity contribution in [1.82, 2.24) is 4.67 Å². The molecule has 1 saturated heterocycles. The normalized spacial score (nSPS) is 14.7. The summed E-state index contributed by atoms with van der Waals surface area (Å²) in [5.41, 5.74) is 3.09. The summed E-state index contributed by atoms with van der Waals surface area (Å²) in [5, 5.41) is 10.9. The van der Waals surface area contributed by atoms with Gasteiger partial charge in [0.15, 0.2) is 0 Å². The van der Waals surface area contributed by atoms with E-state index in [1.165, 1.54) is 12.1 Å². The van der Waals surface area contributed by atoms with Gasteiger partial charge in [-0.1, -0.05) is 35.4 Å². The molecule has 1 aliphatic rings. The van der Waals surface area contributed by atoms with E-state index in [1.54, 1.807) is 41.1 Å². The van der Waals surface area contributed by atoms with Crippen molar-refractivity contribution in [3.05, 3.63) is 94.0 Å². The van der Waals surface area contributed by atoms with E-state index in [4.69, 9.17) is 9.05 Å². The minimum atomic E-state index is -3.69. The van der Waals surface area contributed by atoms with E-state index >= 15 is 0 Å². The molecule has 8 nitrogen and oxygen atoms in total. The number of hydrogen-bond acceptors (Lipinski definition) is 6. The van der Waals surface area contributed by atoms with Crippen LogP contribution < -0.4 is 13.9 Å². The Balaban J connectivity index is 1.51. The van der Waals surface area contributed by atoms with Crippen LogP contribution in [0.1, 0.15) is 11.1 Å². The predicted octanol–water partition coefficient (Wildman–Crippen LogP) is 5.60. The molecule has 33 heavy (non-hydrogen) atoms. The summed E-state index contributed by atoms with van der Waals surface area (Å²) in [6, 6.07) is 21.2. The van der Waals surface area contributed by atoms with Gasteiger partial charge in [0.25, 0.3) is 5.69 Å². The fourth-order valence-electron chi connectivity index (χ4n) is 3.58. The number of nitrogens with zero attached hydrogens (tertiary/aromatic N) is 3. The number of rotatable bonds is 7. The van der Waals surface area contributed by atoms with Crippen LogP contribution >= 0.6 is 7.75 Å². The standard InChI is InChI=1S/C24H26N3O5P/c1-19-3-11-23(12-4-19)31-33(30,32-24-13-5-20(2)6-14-24)26-17-15-25(16-18-26)21-7-9-22(10-8-21)27(28)29/h3-14H,15-18H2,1-2H3. The molecule has 0 saturated carbocycles. The van der Waals surface area contributed by atoms with E-state index in [1.807, 2.05) is 38.1 Å². The molecule has 0 atom stereocenters. The van der Waals surface area contributed by atoms with Crippen LogP contribution in [0.3, 0.4) is 0 Å². The summed E-state index contributed by atoms with van der Waals surface area (Å²) < 4.78 is 27.7. The van der Waals surface area contributed by atoms with E-state index in [2.05, 4.69) is 4.90 Å². The Hall–Kier alpha value is -3.35.